The molecular formula is C17H20ClF3N2O4. The van der Waals surface area contributed by atoms with Crippen molar-refractivity contribution in [3.05, 3.63) is 34.9 Å². The first-order valence-electron chi connectivity index (χ1n) is 8.04. The summed E-state index contributed by atoms with van der Waals surface area (Å²) in [7, 11) is 0. The molecule has 0 radical (unpaired) electrons. The lowest BCUT2D eigenvalue weighted by atomic mass is 10.0. The van der Waals surface area contributed by atoms with E-state index in [0.717, 1.165) is 0 Å². The number of esters is 1. The zero-order valence-electron chi connectivity index (χ0n) is 14.7. The molecule has 1 aromatic carbocycles. The smallest absolute Gasteiger partial charge is 0.405 e. The highest BCUT2D eigenvalue weighted by molar-refractivity contribution is 6.30. The summed E-state index contributed by atoms with van der Waals surface area (Å²) in [6, 6.07) is 4.91. The summed E-state index contributed by atoms with van der Waals surface area (Å²) in [4.78, 5) is 35.7. The van der Waals surface area contributed by atoms with Crippen LogP contribution in [0.1, 0.15) is 30.6 Å². The van der Waals surface area contributed by atoms with Gasteiger partial charge in [-0.1, -0.05) is 25.4 Å². The Hall–Kier alpha value is -2.29. The van der Waals surface area contributed by atoms with Crippen molar-refractivity contribution in [2.24, 2.45) is 5.92 Å². The van der Waals surface area contributed by atoms with Crippen LogP contribution in [0.3, 0.4) is 0 Å². The van der Waals surface area contributed by atoms with Crippen molar-refractivity contribution in [1.82, 2.24) is 10.6 Å². The van der Waals surface area contributed by atoms with Crippen molar-refractivity contribution >= 4 is 29.4 Å². The Balaban J connectivity index is 2.64. The van der Waals surface area contributed by atoms with E-state index in [1.807, 2.05) is 13.8 Å². The van der Waals surface area contributed by atoms with Crippen LogP contribution >= 0.6 is 11.6 Å². The van der Waals surface area contributed by atoms with Crippen molar-refractivity contribution in [1.29, 1.82) is 0 Å². The van der Waals surface area contributed by atoms with Gasteiger partial charge in [0.25, 0.3) is 11.8 Å². The van der Waals surface area contributed by atoms with Gasteiger partial charge in [0.1, 0.15) is 12.6 Å². The minimum absolute atomic E-state index is 0.00660. The topological polar surface area (TPSA) is 84.5 Å². The zero-order valence-corrected chi connectivity index (χ0v) is 15.5. The second-order valence-corrected chi connectivity index (χ2v) is 6.60. The van der Waals surface area contributed by atoms with Gasteiger partial charge in [0, 0.05) is 10.6 Å². The lowest BCUT2D eigenvalue weighted by Gasteiger charge is -2.19. The average molecular weight is 409 g/mol. The molecule has 10 heteroatoms. The van der Waals surface area contributed by atoms with Crippen LogP contribution in [-0.4, -0.2) is 43.2 Å². The summed E-state index contributed by atoms with van der Waals surface area (Å²) >= 11 is 5.75. The molecule has 0 bridgehead atoms. The maximum Gasteiger partial charge on any atom is 0.405 e. The van der Waals surface area contributed by atoms with Crippen LogP contribution in [0.2, 0.25) is 5.02 Å². The fourth-order valence-corrected chi connectivity index (χ4v) is 2.14. The molecule has 0 aliphatic carbocycles. The van der Waals surface area contributed by atoms with E-state index in [4.69, 9.17) is 16.3 Å². The second-order valence-electron chi connectivity index (χ2n) is 6.16. The van der Waals surface area contributed by atoms with Gasteiger partial charge >= 0.3 is 12.1 Å². The van der Waals surface area contributed by atoms with Gasteiger partial charge in [0.15, 0.2) is 6.61 Å². The SMILES string of the molecule is CC(C)C[C@@H](NC(=O)c1ccc(Cl)cc1)C(=O)OCC(=O)NCC(F)(F)F. The number of carbonyl (C=O) groups is 3. The standard InChI is InChI=1S/C17H20ClF3N2O4/c1-10(2)7-13(23-15(25)11-3-5-12(18)6-4-11)16(26)27-8-14(24)22-9-17(19,20)21/h3-6,10,13H,7-9H2,1-2H3,(H,22,24)(H,23,25)/t13-/m1/s1. The molecule has 150 valence electrons. The largest absolute Gasteiger partial charge is 0.454 e. The highest BCUT2D eigenvalue weighted by atomic mass is 35.5. The zero-order chi connectivity index (χ0) is 20.6. The maximum atomic E-state index is 12.2. The molecule has 1 rings (SSSR count). The van der Waals surface area contributed by atoms with Gasteiger partial charge in [-0.15, -0.1) is 0 Å². The molecule has 1 atom stereocenters. The highest BCUT2D eigenvalue weighted by Crippen LogP contribution is 2.13. The predicted molar refractivity (Wildman–Crippen MR) is 92.2 cm³/mol. The Morgan fingerprint density at radius 3 is 2.26 bits per heavy atom. The Morgan fingerprint density at radius 1 is 1.15 bits per heavy atom. The van der Waals surface area contributed by atoms with Gasteiger partial charge in [-0.05, 0) is 36.6 Å². The van der Waals surface area contributed by atoms with Crippen molar-refractivity contribution < 1.29 is 32.3 Å². The number of halogens is 4. The third-order valence-electron chi connectivity index (χ3n) is 3.23. The van der Waals surface area contributed by atoms with E-state index in [2.05, 4.69) is 5.32 Å². The second kappa shape index (κ2) is 10.1. The minimum Gasteiger partial charge on any atom is -0.454 e. The summed E-state index contributed by atoms with van der Waals surface area (Å²) in [6.07, 6.45) is -4.34. The first kappa shape index (κ1) is 22.8. The number of carbonyl (C=O) groups excluding carboxylic acids is 3. The van der Waals surface area contributed by atoms with Gasteiger partial charge in [-0.25, -0.2) is 4.79 Å². The van der Waals surface area contributed by atoms with E-state index in [1.54, 1.807) is 5.32 Å². The molecule has 0 heterocycles. The Morgan fingerprint density at radius 2 is 1.74 bits per heavy atom. The predicted octanol–water partition coefficient (Wildman–Crippen LogP) is 2.71. The Bertz CT molecular complexity index is 663. The molecule has 0 aliphatic rings. The fraction of sp³-hybridized carbons (Fsp3) is 0.471. The van der Waals surface area contributed by atoms with E-state index in [-0.39, 0.29) is 17.9 Å². The first-order chi connectivity index (χ1) is 12.5. The number of hydrogen-bond acceptors (Lipinski definition) is 4. The van der Waals surface area contributed by atoms with Crippen LogP contribution in [-0.2, 0) is 14.3 Å². The third kappa shape index (κ3) is 9.28. The van der Waals surface area contributed by atoms with Crippen LogP contribution in [0.25, 0.3) is 0 Å². The van der Waals surface area contributed by atoms with E-state index < -0.39 is 43.2 Å². The number of alkyl halides is 3. The molecule has 0 aromatic heterocycles. The summed E-state index contributed by atoms with van der Waals surface area (Å²) in [5.74, 6) is -2.54. The van der Waals surface area contributed by atoms with Gasteiger partial charge in [-0.2, -0.15) is 13.2 Å². The molecule has 0 saturated carbocycles. The average Bonchev–Trinajstić information content (AvgIpc) is 2.56. The molecule has 0 spiro atoms. The molecular weight excluding hydrogens is 389 g/mol. The van der Waals surface area contributed by atoms with Gasteiger partial charge in [-0.3, -0.25) is 9.59 Å². The molecule has 0 fully saturated rings. The normalized spacial score (nSPS) is 12.4. The van der Waals surface area contributed by atoms with Crippen LogP contribution in [0.15, 0.2) is 24.3 Å². The lowest BCUT2D eigenvalue weighted by molar-refractivity contribution is -0.153. The number of rotatable bonds is 8. The number of hydrogen-bond donors (Lipinski definition) is 2. The van der Waals surface area contributed by atoms with Crippen LogP contribution in [0, 0.1) is 5.92 Å². The Labute approximate surface area is 159 Å². The van der Waals surface area contributed by atoms with Gasteiger partial charge < -0.3 is 15.4 Å². The van der Waals surface area contributed by atoms with E-state index in [0.29, 0.717) is 5.02 Å². The van der Waals surface area contributed by atoms with Crippen LogP contribution in [0.5, 0.6) is 0 Å². The number of ether oxygens (including phenoxy) is 1. The fourth-order valence-electron chi connectivity index (χ4n) is 2.02. The van der Waals surface area contributed by atoms with Gasteiger partial charge in [0.05, 0.1) is 0 Å². The van der Waals surface area contributed by atoms with Crippen LogP contribution in [0.4, 0.5) is 13.2 Å². The molecule has 0 aliphatic heterocycles. The summed E-state index contributed by atoms with van der Waals surface area (Å²) in [5.41, 5.74) is 0.267. The van der Waals surface area contributed by atoms with Crippen molar-refractivity contribution in [2.75, 3.05) is 13.2 Å². The highest BCUT2D eigenvalue weighted by Gasteiger charge is 2.28. The first-order valence-corrected chi connectivity index (χ1v) is 8.42. The molecule has 27 heavy (non-hydrogen) atoms. The molecule has 0 saturated heterocycles. The van der Waals surface area contributed by atoms with E-state index in [9.17, 15) is 27.6 Å². The Kier molecular flexibility index (Phi) is 8.55. The molecule has 6 nitrogen and oxygen atoms in total. The third-order valence-corrected chi connectivity index (χ3v) is 3.49. The maximum absolute atomic E-state index is 12.2. The lowest BCUT2D eigenvalue weighted by Crippen LogP contribution is -2.44. The van der Waals surface area contributed by atoms with Crippen molar-refractivity contribution in [3.8, 4) is 0 Å². The monoisotopic (exact) mass is 408 g/mol. The molecule has 2 N–H and O–H groups in total. The number of nitrogens with one attached hydrogen (secondary N) is 2. The molecule has 2 amide bonds. The minimum atomic E-state index is -4.56. The summed E-state index contributed by atoms with van der Waals surface area (Å²) < 4.78 is 40.8. The summed E-state index contributed by atoms with van der Waals surface area (Å²) in [5, 5.41) is 4.52. The van der Waals surface area contributed by atoms with E-state index in [1.165, 1.54) is 24.3 Å². The molecule has 1 aromatic rings. The van der Waals surface area contributed by atoms with Crippen molar-refractivity contribution in [2.45, 2.75) is 32.5 Å². The quantitative estimate of drug-likeness (QED) is 0.648. The van der Waals surface area contributed by atoms with Crippen molar-refractivity contribution in [3.63, 3.8) is 0 Å². The number of amides is 2. The summed E-state index contributed by atoms with van der Waals surface area (Å²) in [6.45, 7) is 1.22. The molecule has 0 unspecified atom stereocenters. The van der Waals surface area contributed by atoms with Gasteiger partial charge in [0.2, 0.25) is 0 Å². The van der Waals surface area contributed by atoms with Crippen LogP contribution < -0.4 is 10.6 Å². The van der Waals surface area contributed by atoms with E-state index >= 15 is 0 Å². The number of benzene rings is 1.